The molecule has 2 aromatic rings. The number of anilines is 1. The van der Waals surface area contributed by atoms with E-state index in [2.05, 4.69) is 40.7 Å². The van der Waals surface area contributed by atoms with Crippen LogP contribution in [0.25, 0.3) is 0 Å². The lowest BCUT2D eigenvalue weighted by Gasteiger charge is -2.22. The van der Waals surface area contributed by atoms with Crippen LogP contribution in [0, 0.1) is 20.8 Å². The Hall–Kier alpha value is -1.62. The Morgan fingerprint density at radius 2 is 2.06 bits per heavy atom. The molecule has 3 rings (SSSR count). The second-order valence-electron chi connectivity index (χ2n) is 4.75. The van der Waals surface area contributed by atoms with E-state index in [9.17, 15) is 0 Å². The summed E-state index contributed by atoms with van der Waals surface area (Å²) in [6.07, 6.45) is 2.18. The minimum absolute atomic E-state index is 0.118. The highest BCUT2D eigenvalue weighted by Crippen LogP contribution is 2.33. The first kappa shape index (κ1) is 11.5. The minimum atomic E-state index is 0.118. The summed E-state index contributed by atoms with van der Waals surface area (Å²) in [6, 6.07) is 0.118. The third-order valence-electron chi connectivity index (χ3n) is 3.26. The van der Waals surface area contributed by atoms with Crippen molar-refractivity contribution in [3.63, 3.8) is 0 Å². The number of fused-ring (bicyclic) bond motifs is 1. The number of aromatic nitrogens is 3. The van der Waals surface area contributed by atoms with Gasteiger partial charge < -0.3 is 5.32 Å². The number of hydrogen-bond acceptors (Lipinski definition) is 4. The van der Waals surface area contributed by atoms with E-state index in [-0.39, 0.29) is 6.04 Å². The number of allylic oxidation sites excluding steroid dienone is 2. The Balaban J connectivity index is 2.15. The SMILES string of the molecule is CC1=CC(c2nc(C)cs2)n2nc(C)c(C)c2N1. The maximum Gasteiger partial charge on any atom is 0.132 e. The number of nitrogens with zero attached hydrogens (tertiary/aromatic N) is 3. The van der Waals surface area contributed by atoms with E-state index >= 15 is 0 Å². The van der Waals surface area contributed by atoms with Crippen LogP contribution in [0.15, 0.2) is 17.2 Å². The van der Waals surface area contributed by atoms with Crippen LogP contribution in [0.4, 0.5) is 5.82 Å². The molecule has 1 N–H and O–H groups in total. The van der Waals surface area contributed by atoms with Gasteiger partial charge in [0.25, 0.3) is 0 Å². The molecular formula is C13H16N4S. The third-order valence-corrected chi connectivity index (χ3v) is 4.29. The Bertz CT molecular complexity index is 635. The highest BCUT2D eigenvalue weighted by atomic mass is 32.1. The van der Waals surface area contributed by atoms with E-state index in [1.165, 1.54) is 5.56 Å². The lowest BCUT2D eigenvalue weighted by Crippen LogP contribution is -2.19. The van der Waals surface area contributed by atoms with E-state index in [1.807, 2.05) is 18.5 Å². The molecule has 5 heteroatoms. The molecule has 2 aromatic heterocycles. The highest BCUT2D eigenvalue weighted by Gasteiger charge is 2.25. The van der Waals surface area contributed by atoms with Gasteiger partial charge in [0.15, 0.2) is 0 Å². The maximum absolute atomic E-state index is 4.63. The number of thiazole rings is 1. The summed E-state index contributed by atoms with van der Waals surface area (Å²) in [6.45, 7) is 8.25. The van der Waals surface area contributed by atoms with Crippen LogP contribution < -0.4 is 5.32 Å². The molecule has 94 valence electrons. The summed E-state index contributed by atoms with van der Waals surface area (Å²) in [5.41, 5.74) is 4.50. The first-order valence-corrected chi connectivity index (χ1v) is 6.87. The van der Waals surface area contributed by atoms with Crippen LogP contribution in [-0.4, -0.2) is 14.8 Å². The third kappa shape index (κ3) is 1.66. The van der Waals surface area contributed by atoms with Gasteiger partial charge in [0.05, 0.1) is 5.69 Å². The van der Waals surface area contributed by atoms with Gasteiger partial charge in [-0.05, 0) is 33.8 Å². The second-order valence-corrected chi connectivity index (χ2v) is 5.64. The Morgan fingerprint density at radius 3 is 2.72 bits per heavy atom. The molecule has 0 bridgehead atoms. The van der Waals surface area contributed by atoms with Gasteiger partial charge in [-0.3, -0.25) is 0 Å². The van der Waals surface area contributed by atoms with Crippen molar-refractivity contribution in [2.75, 3.05) is 5.32 Å². The van der Waals surface area contributed by atoms with Crippen LogP contribution in [-0.2, 0) is 0 Å². The number of hydrogen-bond donors (Lipinski definition) is 1. The molecule has 18 heavy (non-hydrogen) atoms. The Morgan fingerprint density at radius 1 is 1.28 bits per heavy atom. The summed E-state index contributed by atoms with van der Waals surface area (Å²) in [5.74, 6) is 1.09. The fourth-order valence-electron chi connectivity index (χ4n) is 2.20. The average molecular weight is 260 g/mol. The van der Waals surface area contributed by atoms with Crippen LogP contribution >= 0.6 is 11.3 Å². The van der Waals surface area contributed by atoms with Gasteiger partial charge in [-0.2, -0.15) is 5.10 Å². The molecule has 4 nitrogen and oxygen atoms in total. The van der Waals surface area contributed by atoms with Gasteiger partial charge in [0, 0.05) is 22.3 Å². The summed E-state index contributed by atoms with van der Waals surface area (Å²) in [5, 5.41) is 11.2. The molecule has 0 saturated carbocycles. The molecule has 0 aromatic carbocycles. The maximum atomic E-state index is 4.63. The summed E-state index contributed by atoms with van der Waals surface area (Å²) in [4.78, 5) is 4.59. The first-order valence-electron chi connectivity index (χ1n) is 5.99. The Labute approximate surface area is 110 Å². The van der Waals surface area contributed by atoms with E-state index in [0.717, 1.165) is 27.9 Å². The van der Waals surface area contributed by atoms with Gasteiger partial charge >= 0.3 is 0 Å². The van der Waals surface area contributed by atoms with Crippen molar-refractivity contribution in [3.05, 3.63) is 39.1 Å². The van der Waals surface area contributed by atoms with Gasteiger partial charge in [-0.1, -0.05) is 0 Å². The second kappa shape index (κ2) is 3.95. The average Bonchev–Trinajstić information content (AvgIpc) is 2.86. The molecule has 1 aliphatic heterocycles. The molecular weight excluding hydrogens is 244 g/mol. The monoisotopic (exact) mass is 260 g/mol. The first-order chi connectivity index (χ1) is 8.56. The van der Waals surface area contributed by atoms with Crippen molar-refractivity contribution >= 4 is 17.2 Å². The van der Waals surface area contributed by atoms with Gasteiger partial charge in [0.1, 0.15) is 16.9 Å². The predicted octanol–water partition coefficient (Wildman–Crippen LogP) is 3.18. The van der Waals surface area contributed by atoms with Crippen molar-refractivity contribution in [3.8, 4) is 0 Å². The van der Waals surface area contributed by atoms with Crippen molar-refractivity contribution < 1.29 is 0 Å². The lowest BCUT2D eigenvalue weighted by atomic mass is 10.2. The predicted molar refractivity (Wildman–Crippen MR) is 74.1 cm³/mol. The van der Waals surface area contributed by atoms with E-state index in [0.29, 0.717) is 0 Å². The number of rotatable bonds is 1. The van der Waals surface area contributed by atoms with Crippen molar-refractivity contribution in [1.82, 2.24) is 14.8 Å². The lowest BCUT2D eigenvalue weighted by molar-refractivity contribution is 0.596. The summed E-state index contributed by atoms with van der Waals surface area (Å²) >= 11 is 1.69. The number of aryl methyl sites for hydroxylation is 2. The van der Waals surface area contributed by atoms with Gasteiger partial charge in [-0.15, -0.1) is 11.3 Å². The molecule has 0 amide bonds. The molecule has 0 aliphatic carbocycles. The highest BCUT2D eigenvalue weighted by molar-refractivity contribution is 7.09. The normalized spacial score (nSPS) is 18.2. The zero-order valence-corrected chi connectivity index (χ0v) is 11.8. The molecule has 0 saturated heterocycles. The van der Waals surface area contributed by atoms with Crippen molar-refractivity contribution in [2.24, 2.45) is 0 Å². The van der Waals surface area contributed by atoms with E-state index < -0.39 is 0 Å². The molecule has 0 spiro atoms. The molecule has 0 fully saturated rings. The molecule has 3 heterocycles. The Kier molecular flexibility index (Phi) is 2.52. The number of nitrogens with one attached hydrogen (secondary N) is 1. The molecule has 1 unspecified atom stereocenters. The van der Waals surface area contributed by atoms with Crippen LogP contribution in [0.1, 0.15) is 34.9 Å². The van der Waals surface area contributed by atoms with Gasteiger partial charge in [-0.25, -0.2) is 9.67 Å². The van der Waals surface area contributed by atoms with Crippen LogP contribution in [0.3, 0.4) is 0 Å². The topological polar surface area (TPSA) is 42.7 Å². The van der Waals surface area contributed by atoms with Crippen LogP contribution in [0.5, 0.6) is 0 Å². The largest absolute Gasteiger partial charge is 0.344 e. The molecule has 1 aliphatic rings. The van der Waals surface area contributed by atoms with Crippen molar-refractivity contribution in [2.45, 2.75) is 33.7 Å². The zero-order valence-electron chi connectivity index (χ0n) is 11.0. The fourth-order valence-corrected chi connectivity index (χ4v) is 3.05. The summed E-state index contributed by atoms with van der Waals surface area (Å²) < 4.78 is 2.04. The molecule has 1 atom stereocenters. The quantitative estimate of drug-likeness (QED) is 0.856. The smallest absolute Gasteiger partial charge is 0.132 e. The van der Waals surface area contributed by atoms with E-state index in [1.54, 1.807) is 11.3 Å². The molecule has 0 radical (unpaired) electrons. The minimum Gasteiger partial charge on any atom is -0.344 e. The summed E-state index contributed by atoms with van der Waals surface area (Å²) in [7, 11) is 0. The fraction of sp³-hybridized carbons (Fsp3) is 0.385. The van der Waals surface area contributed by atoms with Gasteiger partial charge in [0.2, 0.25) is 0 Å². The van der Waals surface area contributed by atoms with Crippen LogP contribution in [0.2, 0.25) is 0 Å². The van der Waals surface area contributed by atoms with E-state index in [4.69, 9.17) is 0 Å². The standard InChI is InChI=1S/C13H16N4S/c1-7-5-11(13-15-8(2)6-18-13)17-12(14-7)9(3)10(4)16-17/h5-6,11,14H,1-4H3. The zero-order chi connectivity index (χ0) is 12.9. The van der Waals surface area contributed by atoms with Crippen molar-refractivity contribution in [1.29, 1.82) is 0 Å².